The molecule has 2 heterocycles. The van der Waals surface area contributed by atoms with Gasteiger partial charge in [0.25, 0.3) is 5.91 Å². The van der Waals surface area contributed by atoms with Crippen LogP contribution in [0, 0.1) is 6.92 Å². The second-order valence-electron chi connectivity index (χ2n) is 8.29. The van der Waals surface area contributed by atoms with Crippen molar-refractivity contribution in [3.05, 3.63) is 35.4 Å². The van der Waals surface area contributed by atoms with Gasteiger partial charge in [0.2, 0.25) is 5.91 Å². The van der Waals surface area contributed by atoms with Gasteiger partial charge in [0.1, 0.15) is 0 Å². The lowest BCUT2D eigenvalue weighted by Gasteiger charge is -2.38. The average Bonchev–Trinajstić information content (AvgIpc) is 3.00. The summed E-state index contributed by atoms with van der Waals surface area (Å²) in [4.78, 5) is 29.8. The number of amides is 2. The minimum absolute atomic E-state index is 0.00837. The quantitative estimate of drug-likeness (QED) is 0.885. The summed E-state index contributed by atoms with van der Waals surface area (Å²) in [6.07, 6.45) is 3.99. The lowest BCUT2D eigenvalue weighted by molar-refractivity contribution is -0.138. The molecule has 27 heavy (non-hydrogen) atoms. The number of likely N-dealkylation sites (tertiary alicyclic amines) is 2. The predicted octanol–water partition coefficient (Wildman–Crippen LogP) is 2.98. The van der Waals surface area contributed by atoms with Crippen LogP contribution in [0.25, 0.3) is 0 Å². The number of carbonyl (C=O) groups excluding carboxylic acids is 2. The third kappa shape index (κ3) is 4.34. The molecule has 5 heteroatoms. The topological polar surface area (TPSA) is 52.7 Å². The molecule has 0 spiro atoms. The number of aryl methyl sites for hydroxylation is 1. The van der Waals surface area contributed by atoms with Gasteiger partial charge < -0.3 is 10.2 Å². The van der Waals surface area contributed by atoms with Gasteiger partial charge in [-0.2, -0.15) is 0 Å². The van der Waals surface area contributed by atoms with Gasteiger partial charge >= 0.3 is 0 Å². The second-order valence-corrected chi connectivity index (χ2v) is 8.29. The smallest absolute Gasteiger partial charge is 0.251 e. The Morgan fingerprint density at radius 2 is 1.63 bits per heavy atom. The second kappa shape index (κ2) is 8.42. The Kier molecular flexibility index (Phi) is 6.20. The largest absolute Gasteiger partial charge is 0.349 e. The maximum Gasteiger partial charge on any atom is 0.251 e. The summed E-state index contributed by atoms with van der Waals surface area (Å²) in [6, 6.07) is 8.69. The van der Waals surface area contributed by atoms with E-state index in [9.17, 15) is 9.59 Å². The van der Waals surface area contributed by atoms with E-state index in [1.807, 2.05) is 43.0 Å². The van der Waals surface area contributed by atoms with E-state index in [0.29, 0.717) is 12.1 Å². The van der Waals surface area contributed by atoms with Crippen LogP contribution in [0.2, 0.25) is 0 Å². The van der Waals surface area contributed by atoms with E-state index in [-0.39, 0.29) is 23.9 Å². The highest BCUT2D eigenvalue weighted by molar-refractivity contribution is 5.95. The fourth-order valence-electron chi connectivity index (χ4n) is 4.71. The molecule has 1 aromatic carbocycles. The fraction of sp³-hybridized carbons (Fsp3) is 0.636. The Balaban J connectivity index is 1.52. The van der Waals surface area contributed by atoms with E-state index >= 15 is 0 Å². The van der Waals surface area contributed by atoms with Crippen LogP contribution >= 0.6 is 0 Å². The van der Waals surface area contributed by atoms with Crippen LogP contribution in [0.4, 0.5) is 0 Å². The Hall–Kier alpha value is -1.88. The van der Waals surface area contributed by atoms with Crippen molar-refractivity contribution in [2.24, 2.45) is 0 Å². The molecule has 1 aromatic rings. The van der Waals surface area contributed by atoms with Crippen LogP contribution < -0.4 is 5.32 Å². The molecule has 0 bridgehead atoms. The van der Waals surface area contributed by atoms with Gasteiger partial charge in [0.05, 0.1) is 6.04 Å². The van der Waals surface area contributed by atoms with E-state index < -0.39 is 0 Å². The molecule has 2 aliphatic rings. The number of carbonyl (C=O) groups is 2. The summed E-state index contributed by atoms with van der Waals surface area (Å²) < 4.78 is 0. The fourth-order valence-corrected chi connectivity index (χ4v) is 4.71. The number of nitrogens with zero attached hydrogens (tertiary/aromatic N) is 2. The molecule has 2 saturated heterocycles. The third-order valence-corrected chi connectivity index (χ3v) is 6.36. The van der Waals surface area contributed by atoms with Crippen molar-refractivity contribution < 1.29 is 9.59 Å². The van der Waals surface area contributed by atoms with Crippen molar-refractivity contribution in [2.45, 2.75) is 77.5 Å². The predicted molar refractivity (Wildman–Crippen MR) is 108 cm³/mol. The first-order chi connectivity index (χ1) is 12.9. The molecule has 3 rings (SSSR count). The lowest BCUT2D eigenvalue weighted by atomic mass is 10.0. The summed E-state index contributed by atoms with van der Waals surface area (Å²) >= 11 is 0. The number of benzene rings is 1. The van der Waals surface area contributed by atoms with Crippen molar-refractivity contribution in [3.63, 3.8) is 0 Å². The van der Waals surface area contributed by atoms with E-state index in [1.54, 1.807) is 0 Å². The van der Waals surface area contributed by atoms with Gasteiger partial charge in [-0.25, -0.2) is 0 Å². The number of hydrogen-bond acceptors (Lipinski definition) is 3. The van der Waals surface area contributed by atoms with Crippen LogP contribution in [0.15, 0.2) is 24.3 Å². The molecular weight excluding hydrogens is 338 g/mol. The first-order valence-electron chi connectivity index (χ1n) is 10.3. The number of rotatable bonds is 4. The molecular formula is C22H33N3O2. The average molecular weight is 372 g/mol. The van der Waals surface area contributed by atoms with E-state index in [4.69, 9.17) is 0 Å². The maximum absolute atomic E-state index is 13.0. The highest BCUT2D eigenvalue weighted by Crippen LogP contribution is 2.27. The minimum Gasteiger partial charge on any atom is -0.349 e. The molecule has 148 valence electrons. The summed E-state index contributed by atoms with van der Waals surface area (Å²) in [6.45, 7) is 9.89. The van der Waals surface area contributed by atoms with Crippen molar-refractivity contribution in [3.8, 4) is 0 Å². The molecule has 1 N–H and O–H groups in total. The van der Waals surface area contributed by atoms with Crippen molar-refractivity contribution in [1.82, 2.24) is 15.1 Å². The molecule has 3 unspecified atom stereocenters. The Bertz CT molecular complexity index is 672. The highest BCUT2D eigenvalue weighted by Gasteiger charge is 2.37. The zero-order valence-electron chi connectivity index (χ0n) is 17.1. The van der Waals surface area contributed by atoms with E-state index in [1.165, 1.54) is 12.8 Å². The number of hydrogen-bond donors (Lipinski definition) is 1. The Morgan fingerprint density at radius 1 is 1.04 bits per heavy atom. The minimum atomic E-state index is -0.0596. The molecule has 0 saturated carbocycles. The SMILES string of the molecule is Cc1ccccc1C(=O)NC1CCN(C(=O)C(C)N2C(C)CCC2C)CC1. The summed E-state index contributed by atoms with van der Waals surface area (Å²) in [5.41, 5.74) is 1.73. The maximum atomic E-state index is 13.0. The summed E-state index contributed by atoms with van der Waals surface area (Å²) in [5.74, 6) is 0.227. The standard InChI is InChI=1S/C22H33N3O2/c1-15-7-5-6-8-20(15)21(26)23-19-11-13-24(14-12-19)22(27)18(4)25-16(2)9-10-17(25)3/h5-8,16-19H,9-14H2,1-4H3,(H,23,26). The van der Waals surface area contributed by atoms with E-state index in [2.05, 4.69) is 24.1 Å². The van der Waals surface area contributed by atoms with Crippen LogP contribution in [0.1, 0.15) is 62.4 Å². The summed E-state index contributed by atoms with van der Waals surface area (Å²) in [5, 5.41) is 3.15. The first-order valence-corrected chi connectivity index (χ1v) is 10.3. The Morgan fingerprint density at radius 3 is 2.22 bits per heavy atom. The van der Waals surface area contributed by atoms with Gasteiger partial charge in [-0.1, -0.05) is 18.2 Å². The zero-order chi connectivity index (χ0) is 19.6. The summed E-state index contributed by atoms with van der Waals surface area (Å²) in [7, 11) is 0. The van der Waals surface area contributed by atoms with Gasteiger partial charge in [-0.3, -0.25) is 14.5 Å². The lowest BCUT2D eigenvalue weighted by Crippen LogP contribution is -2.54. The molecule has 0 aromatic heterocycles. The van der Waals surface area contributed by atoms with Crippen LogP contribution in [-0.4, -0.2) is 58.9 Å². The van der Waals surface area contributed by atoms with Crippen LogP contribution in [-0.2, 0) is 4.79 Å². The third-order valence-electron chi connectivity index (χ3n) is 6.36. The number of nitrogens with one attached hydrogen (secondary N) is 1. The molecule has 2 amide bonds. The molecule has 3 atom stereocenters. The highest BCUT2D eigenvalue weighted by atomic mass is 16.2. The van der Waals surface area contributed by atoms with Crippen LogP contribution in [0.5, 0.6) is 0 Å². The zero-order valence-corrected chi connectivity index (χ0v) is 17.1. The molecule has 2 fully saturated rings. The first kappa shape index (κ1) is 19.9. The number of piperidine rings is 1. The molecule has 0 radical (unpaired) electrons. The Labute approximate surface area is 163 Å². The molecule has 2 aliphatic heterocycles. The monoisotopic (exact) mass is 371 g/mol. The van der Waals surface area contributed by atoms with Gasteiger partial charge in [-0.15, -0.1) is 0 Å². The van der Waals surface area contributed by atoms with Crippen molar-refractivity contribution in [1.29, 1.82) is 0 Å². The van der Waals surface area contributed by atoms with Crippen molar-refractivity contribution >= 4 is 11.8 Å². The normalized spacial score (nSPS) is 25.4. The van der Waals surface area contributed by atoms with Gasteiger partial charge in [0, 0.05) is 36.8 Å². The van der Waals surface area contributed by atoms with Crippen LogP contribution in [0.3, 0.4) is 0 Å². The van der Waals surface area contributed by atoms with E-state index in [0.717, 1.165) is 37.1 Å². The molecule has 5 nitrogen and oxygen atoms in total. The van der Waals surface area contributed by atoms with Crippen molar-refractivity contribution in [2.75, 3.05) is 13.1 Å². The van der Waals surface area contributed by atoms with Gasteiger partial charge in [-0.05, 0) is 65.0 Å². The van der Waals surface area contributed by atoms with Gasteiger partial charge in [0.15, 0.2) is 0 Å². The molecule has 0 aliphatic carbocycles.